The molecular weight excluding hydrogens is 362 g/mol. The Balaban J connectivity index is 1.53. The van der Waals surface area contributed by atoms with Crippen LogP contribution in [0, 0.1) is 11.6 Å². The summed E-state index contributed by atoms with van der Waals surface area (Å²) in [5, 5.41) is 0. The zero-order chi connectivity index (χ0) is 19.5. The van der Waals surface area contributed by atoms with E-state index in [-0.39, 0.29) is 11.5 Å². The van der Waals surface area contributed by atoms with Gasteiger partial charge in [0, 0.05) is 31.3 Å². The molecular formula is C21H20F2N4O. The highest BCUT2D eigenvalue weighted by molar-refractivity contribution is 5.48. The molecule has 5 nitrogen and oxygen atoms in total. The number of rotatable bonds is 4. The first kappa shape index (κ1) is 18.4. The van der Waals surface area contributed by atoms with Crippen LogP contribution in [0.1, 0.15) is 30.0 Å². The largest absolute Gasteiger partial charge is 0.305 e. The Hall–Kier alpha value is -2.93. The van der Waals surface area contributed by atoms with Crippen LogP contribution in [0.5, 0.6) is 0 Å². The quantitative estimate of drug-likeness (QED) is 0.750. The molecule has 0 unspecified atom stereocenters. The van der Waals surface area contributed by atoms with Gasteiger partial charge in [-0.25, -0.2) is 13.8 Å². The van der Waals surface area contributed by atoms with Gasteiger partial charge in [0.15, 0.2) is 17.5 Å². The Labute approximate surface area is 161 Å². The normalized spacial score (nSPS) is 17.6. The predicted octanol–water partition coefficient (Wildman–Crippen LogP) is 3.49. The maximum Gasteiger partial charge on any atom is 0.251 e. The first-order valence-corrected chi connectivity index (χ1v) is 9.27. The predicted molar refractivity (Wildman–Crippen MR) is 102 cm³/mol. The van der Waals surface area contributed by atoms with Crippen LogP contribution in [-0.4, -0.2) is 32.9 Å². The van der Waals surface area contributed by atoms with Crippen molar-refractivity contribution in [1.29, 1.82) is 0 Å². The molecule has 1 aromatic carbocycles. The Morgan fingerprint density at radius 1 is 1.14 bits per heavy atom. The summed E-state index contributed by atoms with van der Waals surface area (Å²) in [5.41, 5.74) is 1.88. The average molecular weight is 382 g/mol. The minimum atomic E-state index is -0.838. The third-order valence-electron chi connectivity index (χ3n) is 4.98. The number of aromatic amines is 1. The van der Waals surface area contributed by atoms with Gasteiger partial charge < -0.3 is 4.98 Å². The highest BCUT2D eigenvalue weighted by Crippen LogP contribution is 2.27. The molecule has 3 aromatic rings. The highest BCUT2D eigenvalue weighted by Gasteiger charge is 2.23. The van der Waals surface area contributed by atoms with Gasteiger partial charge in [-0.05, 0) is 49.2 Å². The van der Waals surface area contributed by atoms with Crippen molar-refractivity contribution >= 4 is 0 Å². The summed E-state index contributed by atoms with van der Waals surface area (Å²) in [5.74, 6) is -1.11. The second kappa shape index (κ2) is 7.98. The van der Waals surface area contributed by atoms with E-state index in [1.54, 1.807) is 18.3 Å². The number of aromatic nitrogens is 3. The zero-order valence-corrected chi connectivity index (χ0v) is 15.2. The lowest BCUT2D eigenvalue weighted by molar-refractivity contribution is 0.198. The molecule has 0 aliphatic carbocycles. The summed E-state index contributed by atoms with van der Waals surface area (Å²) in [4.78, 5) is 26.0. The van der Waals surface area contributed by atoms with Gasteiger partial charge in [0.1, 0.15) is 5.69 Å². The van der Waals surface area contributed by atoms with E-state index in [4.69, 9.17) is 0 Å². The van der Waals surface area contributed by atoms with Gasteiger partial charge in [-0.1, -0.05) is 12.1 Å². The monoisotopic (exact) mass is 382 g/mol. The van der Waals surface area contributed by atoms with E-state index in [2.05, 4.69) is 19.9 Å². The second-order valence-corrected chi connectivity index (χ2v) is 7.06. The number of pyridine rings is 1. The van der Waals surface area contributed by atoms with E-state index in [9.17, 15) is 13.6 Å². The van der Waals surface area contributed by atoms with Crippen LogP contribution in [0.4, 0.5) is 8.78 Å². The molecule has 2 aromatic heterocycles. The molecule has 7 heteroatoms. The summed E-state index contributed by atoms with van der Waals surface area (Å²) in [6.07, 6.45) is 3.53. The molecule has 1 aliphatic heterocycles. The van der Waals surface area contributed by atoms with Crippen LogP contribution in [0.2, 0.25) is 0 Å². The van der Waals surface area contributed by atoms with E-state index in [1.807, 2.05) is 12.1 Å². The second-order valence-electron chi connectivity index (χ2n) is 7.06. The minimum absolute atomic E-state index is 0.101. The molecule has 0 amide bonds. The van der Waals surface area contributed by atoms with Gasteiger partial charge >= 0.3 is 0 Å². The molecule has 4 rings (SSSR count). The van der Waals surface area contributed by atoms with Gasteiger partial charge in [-0.2, -0.15) is 0 Å². The SMILES string of the molecule is O=c1cc([C@@H]2CCCN(Cc3ccc(F)c(F)c3)C2)nc(-c2ccccn2)[nH]1. The van der Waals surface area contributed by atoms with Crippen LogP contribution in [0.15, 0.2) is 53.5 Å². The van der Waals surface area contributed by atoms with Gasteiger partial charge in [-0.3, -0.25) is 14.7 Å². The van der Waals surface area contributed by atoms with Gasteiger partial charge in [-0.15, -0.1) is 0 Å². The molecule has 0 radical (unpaired) electrons. The van der Waals surface area contributed by atoms with Crippen molar-refractivity contribution in [2.45, 2.75) is 25.3 Å². The third kappa shape index (κ3) is 4.14. The molecule has 1 fully saturated rings. The number of hydrogen-bond acceptors (Lipinski definition) is 4. The lowest BCUT2D eigenvalue weighted by Crippen LogP contribution is -2.34. The molecule has 28 heavy (non-hydrogen) atoms. The third-order valence-corrected chi connectivity index (χ3v) is 4.98. The fraction of sp³-hybridized carbons (Fsp3) is 0.286. The van der Waals surface area contributed by atoms with Crippen LogP contribution in [-0.2, 0) is 6.54 Å². The van der Waals surface area contributed by atoms with Crippen LogP contribution in [0.3, 0.4) is 0 Å². The number of H-pyrrole nitrogens is 1. The average Bonchev–Trinajstić information content (AvgIpc) is 2.71. The molecule has 3 heterocycles. The van der Waals surface area contributed by atoms with Crippen molar-refractivity contribution in [1.82, 2.24) is 19.9 Å². The number of nitrogens with zero attached hydrogens (tertiary/aromatic N) is 3. The summed E-state index contributed by atoms with van der Waals surface area (Å²) in [6, 6.07) is 11.0. The van der Waals surface area contributed by atoms with Crippen LogP contribution < -0.4 is 5.56 Å². The molecule has 0 bridgehead atoms. The summed E-state index contributed by atoms with van der Waals surface area (Å²) in [6.45, 7) is 2.10. The fourth-order valence-electron chi connectivity index (χ4n) is 3.65. The lowest BCUT2D eigenvalue weighted by atomic mass is 9.94. The minimum Gasteiger partial charge on any atom is -0.305 e. The molecule has 1 saturated heterocycles. The Bertz CT molecular complexity index is 1020. The maximum absolute atomic E-state index is 13.5. The summed E-state index contributed by atoms with van der Waals surface area (Å²) < 4.78 is 26.6. The smallest absolute Gasteiger partial charge is 0.251 e. The van der Waals surface area contributed by atoms with Crippen LogP contribution in [0.25, 0.3) is 11.5 Å². The van der Waals surface area contributed by atoms with Gasteiger partial charge in [0.2, 0.25) is 0 Å². The Morgan fingerprint density at radius 2 is 2.04 bits per heavy atom. The summed E-state index contributed by atoms with van der Waals surface area (Å²) in [7, 11) is 0. The van der Waals surface area contributed by atoms with Crippen molar-refractivity contribution in [3.8, 4) is 11.5 Å². The maximum atomic E-state index is 13.5. The Morgan fingerprint density at radius 3 is 2.82 bits per heavy atom. The Kier molecular flexibility index (Phi) is 5.25. The zero-order valence-electron chi connectivity index (χ0n) is 15.2. The molecule has 144 valence electrons. The number of nitrogens with one attached hydrogen (secondary N) is 1. The van der Waals surface area contributed by atoms with E-state index in [0.29, 0.717) is 24.6 Å². The molecule has 1 aliphatic rings. The first-order chi connectivity index (χ1) is 13.6. The van der Waals surface area contributed by atoms with E-state index < -0.39 is 11.6 Å². The first-order valence-electron chi connectivity index (χ1n) is 9.27. The van der Waals surface area contributed by atoms with E-state index in [1.165, 1.54) is 12.1 Å². The number of benzene rings is 1. The highest BCUT2D eigenvalue weighted by atomic mass is 19.2. The standard InChI is InChI=1S/C21H20F2N4O/c22-16-7-6-14(10-17(16)23)12-27-9-3-4-15(13-27)19-11-20(28)26-21(25-19)18-5-1-2-8-24-18/h1-2,5-8,10-11,15H,3-4,9,12-13H2,(H,25,26,28)/t15-/m1/s1. The van der Waals surface area contributed by atoms with Gasteiger partial charge in [0.25, 0.3) is 5.56 Å². The van der Waals surface area contributed by atoms with Gasteiger partial charge in [0.05, 0.1) is 5.69 Å². The van der Waals surface area contributed by atoms with Crippen molar-refractivity contribution in [3.05, 3.63) is 81.9 Å². The number of hydrogen-bond donors (Lipinski definition) is 1. The molecule has 0 spiro atoms. The topological polar surface area (TPSA) is 61.9 Å². The van der Waals surface area contributed by atoms with Crippen LogP contribution >= 0.6 is 0 Å². The van der Waals surface area contributed by atoms with Crippen molar-refractivity contribution < 1.29 is 8.78 Å². The lowest BCUT2D eigenvalue weighted by Gasteiger charge is -2.32. The van der Waals surface area contributed by atoms with Crippen molar-refractivity contribution in [2.75, 3.05) is 13.1 Å². The van der Waals surface area contributed by atoms with Crippen molar-refractivity contribution in [3.63, 3.8) is 0 Å². The number of halogens is 2. The summed E-state index contributed by atoms with van der Waals surface area (Å²) >= 11 is 0. The molecule has 1 atom stereocenters. The van der Waals surface area contributed by atoms with E-state index in [0.717, 1.165) is 36.7 Å². The van der Waals surface area contributed by atoms with Crippen molar-refractivity contribution in [2.24, 2.45) is 0 Å². The fourth-order valence-corrected chi connectivity index (χ4v) is 3.65. The molecule has 1 N–H and O–H groups in total. The van der Waals surface area contributed by atoms with E-state index >= 15 is 0 Å². The number of piperidine rings is 1. The number of likely N-dealkylation sites (tertiary alicyclic amines) is 1. The molecule has 0 saturated carbocycles.